The van der Waals surface area contributed by atoms with Gasteiger partial charge in [-0.1, -0.05) is 22.9 Å². The highest BCUT2D eigenvalue weighted by atomic mass is 79.9. The molecule has 14 heavy (non-hydrogen) atoms. The maximum absolute atomic E-state index is 12.9. The molecule has 0 radical (unpaired) electrons. The number of carbonyl (C=O) groups is 1. The van der Waals surface area contributed by atoms with Gasteiger partial charge < -0.3 is 4.74 Å². The number of hydrogen-bond acceptors (Lipinski definition) is 2. The fourth-order valence-corrected chi connectivity index (χ4v) is 1.42. The van der Waals surface area contributed by atoms with Crippen LogP contribution in [-0.4, -0.2) is 12.6 Å². The Hall–Kier alpha value is -0.900. The van der Waals surface area contributed by atoms with Gasteiger partial charge in [-0.3, -0.25) is 0 Å². The van der Waals surface area contributed by atoms with Gasteiger partial charge in [0.25, 0.3) is 0 Å². The first-order valence-corrected chi connectivity index (χ1v) is 5.06. The molecule has 0 bridgehead atoms. The molecule has 0 saturated carbocycles. The molecule has 4 heteroatoms. The Bertz CT molecular complexity index is 319. The van der Waals surface area contributed by atoms with E-state index in [4.69, 9.17) is 4.74 Å². The summed E-state index contributed by atoms with van der Waals surface area (Å²) in [5, 5.41) is 0. The van der Waals surface area contributed by atoms with Gasteiger partial charge in [-0.05, 0) is 24.6 Å². The second kappa shape index (κ2) is 5.10. The summed E-state index contributed by atoms with van der Waals surface area (Å²) < 4.78 is 18.3. The Kier molecular flexibility index (Phi) is 4.07. The number of ether oxygens (including phenoxy) is 1. The molecule has 76 valence electrons. The van der Waals surface area contributed by atoms with E-state index < -0.39 is 11.8 Å². The molecule has 0 heterocycles. The van der Waals surface area contributed by atoms with E-state index in [0.29, 0.717) is 11.1 Å². The van der Waals surface area contributed by atoms with Crippen molar-refractivity contribution in [2.75, 3.05) is 6.61 Å². The number of esters is 1. The monoisotopic (exact) mass is 260 g/mol. The van der Waals surface area contributed by atoms with E-state index in [1.165, 1.54) is 12.1 Å². The third-order valence-corrected chi connectivity index (χ3v) is 1.99. The molecule has 0 spiro atoms. The largest absolute Gasteiger partial charge is 0.462 e. The van der Waals surface area contributed by atoms with Crippen LogP contribution in [0, 0.1) is 5.82 Å². The summed E-state index contributed by atoms with van der Waals surface area (Å²) in [6, 6.07) is 3.97. The molecule has 0 aromatic heterocycles. The van der Waals surface area contributed by atoms with Crippen molar-refractivity contribution in [2.24, 2.45) is 0 Å². The van der Waals surface area contributed by atoms with Gasteiger partial charge in [-0.25, -0.2) is 9.18 Å². The van der Waals surface area contributed by atoms with Crippen LogP contribution in [-0.2, 0) is 4.74 Å². The second-order valence-corrected chi connectivity index (χ2v) is 3.71. The van der Waals surface area contributed by atoms with Crippen molar-refractivity contribution in [2.45, 2.75) is 13.3 Å². The fraction of sp³-hybridized carbons (Fsp3) is 0.300. The first-order chi connectivity index (χ1) is 6.63. The van der Waals surface area contributed by atoms with E-state index in [9.17, 15) is 9.18 Å². The zero-order valence-electron chi connectivity index (χ0n) is 7.72. The van der Waals surface area contributed by atoms with Gasteiger partial charge in [0.15, 0.2) is 0 Å². The predicted octanol–water partition coefficient (Wildman–Crippen LogP) is 3.16. The van der Waals surface area contributed by atoms with E-state index in [1.807, 2.05) is 6.92 Å². The summed E-state index contributed by atoms with van der Waals surface area (Å²) in [4.78, 5) is 11.3. The van der Waals surface area contributed by atoms with Crippen LogP contribution in [0.25, 0.3) is 0 Å². The molecule has 1 aromatic carbocycles. The van der Waals surface area contributed by atoms with Crippen molar-refractivity contribution in [1.82, 2.24) is 0 Å². The summed E-state index contributed by atoms with van der Waals surface area (Å²) >= 11 is 3.10. The van der Waals surface area contributed by atoms with E-state index >= 15 is 0 Å². The molecule has 0 atom stereocenters. The Morgan fingerprint density at radius 2 is 2.21 bits per heavy atom. The molecule has 2 nitrogen and oxygen atoms in total. The van der Waals surface area contributed by atoms with E-state index in [2.05, 4.69) is 15.9 Å². The normalized spacial score (nSPS) is 9.93. The van der Waals surface area contributed by atoms with Crippen LogP contribution in [0.1, 0.15) is 23.7 Å². The number of halogens is 2. The SMILES string of the molecule is CCCOC(=O)c1cc(F)cc(Br)c1. The standard InChI is InChI=1S/C10H10BrFO2/c1-2-3-14-10(13)7-4-8(11)6-9(12)5-7/h4-6H,2-3H2,1H3. The van der Waals surface area contributed by atoms with Crippen LogP contribution >= 0.6 is 15.9 Å². The Morgan fingerprint density at radius 3 is 2.79 bits per heavy atom. The Labute approximate surface area is 90.2 Å². The van der Waals surface area contributed by atoms with E-state index in [-0.39, 0.29) is 5.56 Å². The van der Waals surface area contributed by atoms with Crippen molar-refractivity contribution >= 4 is 21.9 Å². The molecule has 0 aliphatic heterocycles. The van der Waals surface area contributed by atoms with Crippen molar-refractivity contribution in [3.63, 3.8) is 0 Å². The quantitative estimate of drug-likeness (QED) is 0.781. The number of benzene rings is 1. The lowest BCUT2D eigenvalue weighted by molar-refractivity contribution is 0.0504. The Balaban J connectivity index is 2.79. The highest BCUT2D eigenvalue weighted by Crippen LogP contribution is 2.15. The van der Waals surface area contributed by atoms with E-state index in [1.54, 1.807) is 0 Å². The average molecular weight is 261 g/mol. The molecule has 0 unspecified atom stereocenters. The van der Waals surface area contributed by atoms with Crippen molar-refractivity contribution in [3.8, 4) is 0 Å². The minimum absolute atomic E-state index is 0.227. The minimum atomic E-state index is -0.493. The Morgan fingerprint density at radius 1 is 1.50 bits per heavy atom. The first kappa shape index (κ1) is 11.2. The molecule has 0 aliphatic rings. The van der Waals surface area contributed by atoms with Crippen molar-refractivity contribution in [1.29, 1.82) is 0 Å². The molecular weight excluding hydrogens is 251 g/mol. The lowest BCUT2D eigenvalue weighted by Crippen LogP contribution is -2.06. The topological polar surface area (TPSA) is 26.3 Å². The van der Waals surface area contributed by atoms with E-state index in [0.717, 1.165) is 12.5 Å². The maximum Gasteiger partial charge on any atom is 0.338 e. The molecule has 0 N–H and O–H groups in total. The number of rotatable bonds is 3. The van der Waals surface area contributed by atoms with Crippen LogP contribution in [0.5, 0.6) is 0 Å². The van der Waals surface area contributed by atoms with Gasteiger partial charge >= 0.3 is 5.97 Å². The molecule has 1 rings (SSSR count). The molecule has 1 aromatic rings. The fourth-order valence-electron chi connectivity index (χ4n) is 0.950. The lowest BCUT2D eigenvalue weighted by Gasteiger charge is -2.03. The summed E-state index contributed by atoms with van der Waals surface area (Å²) in [6.45, 7) is 2.25. The van der Waals surface area contributed by atoms with Gasteiger partial charge in [0, 0.05) is 4.47 Å². The highest BCUT2D eigenvalue weighted by Gasteiger charge is 2.08. The highest BCUT2D eigenvalue weighted by molar-refractivity contribution is 9.10. The lowest BCUT2D eigenvalue weighted by atomic mass is 10.2. The third kappa shape index (κ3) is 3.10. The smallest absolute Gasteiger partial charge is 0.338 e. The van der Waals surface area contributed by atoms with Crippen LogP contribution < -0.4 is 0 Å². The summed E-state index contributed by atoms with van der Waals surface area (Å²) in [6.07, 6.45) is 0.752. The van der Waals surface area contributed by atoms with Crippen molar-refractivity contribution < 1.29 is 13.9 Å². The second-order valence-electron chi connectivity index (χ2n) is 2.79. The molecule has 0 amide bonds. The average Bonchev–Trinajstić information content (AvgIpc) is 2.12. The maximum atomic E-state index is 12.9. The van der Waals surface area contributed by atoms with Gasteiger partial charge in [0.1, 0.15) is 5.82 Å². The summed E-state index contributed by atoms with van der Waals surface area (Å²) in [7, 11) is 0. The minimum Gasteiger partial charge on any atom is -0.462 e. The summed E-state index contributed by atoms with van der Waals surface area (Å²) in [5.41, 5.74) is 0.227. The zero-order chi connectivity index (χ0) is 10.6. The van der Waals surface area contributed by atoms with Gasteiger partial charge in [0.05, 0.1) is 12.2 Å². The first-order valence-electron chi connectivity index (χ1n) is 4.26. The molecule has 0 fully saturated rings. The van der Waals surface area contributed by atoms with Crippen molar-refractivity contribution in [3.05, 3.63) is 34.1 Å². The zero-order valence-corrected chi connectivity index (χ0v) is 9.30. The molecule has 0 aliphatic carbocycles. The summed E-state index contributed by atoms with van der Waals surface area (Å²) in [5.74, 6) is -0.949. The molecular formula is C10H10BrFO2. The van der Waals surface area contributed by atoms with Gasteiger partial charge in [-0.2, -0.15) is 0 Å². The van der Waals surface area contributed by atoms with Crippen LogP contribution in [0.2, 0.25) is 0 Å². The van der Waals surface area contributed by atoms with Gasteiger partial charge in [0.2, 0.25) is 0 Å². The van der Waals surface area contributed by atoms with Crippen LogP contribution in [0.3, 0.4) is 0 Å². The van der Waals surface area contributed by atoms with Gasteiger partial charge in [-0.15, -0.1) is 0 Å². The van der Waals surface area contributed by atoms with Crippen LogP contribution in [0.4, 0.5) is 4.39 Å². The number of carbonyl (C=O) groups excluding carboxylic acids is 1. The third-order valence-electron chi connectivity index (χ3n) is 1.54. The molecule has 0 saturated heterocycles. The van der Waals surface area contributed by atoms with Crippen LogP contribution in [0.15, 0.2) is 22.7 Å². The number of hydrogen-bond donors (Lipinski definition) is 0. The predicted molar refractivity (Wildman–Crippen MR) is 54.7 cm³/mol.